The molecule has 2 aliphatic heterocycles. The second kappa shape index (κ2) is 5.72. The van der Waals surface area contributed by atoms with Crippen LogP contribution < -0.4 is 0 Å². The Labute approximate surface area is 88.6 Å². The minimum atomic E-state index is 0.557. The van der Waals surface area contributed by atoms with E-state index in [1.54, 1.807) is 0 Å². The lowest BCUT2D eigenvalue weighted by Crippen LogP contribution is -2.45. The molecule has 2 fully saturated rings. The van der Waals surface area contributed by atoms with Crippen LogP contribution in [-0.2, 0) is 4.74 Å². The van der Waals surface area contributed by atoms with Crippen molar-refractivity contribution in [1.29, 1.82) is 0 Å². The Hall–Kier alpha value is -0.0800. The van der Waals surface area contributed by atoms with Gasteiger partial charge in [0.2, 0.25) is 0 Å². The highest BCUT2D eigenvalue weighted by Crippen LogP contribution is 2.29. The smallest absolute Gasteiger partial charge is 0.0731 e. The van der Waals surface area contributed by atoms with E-state index in [4.69, 9.17) is 4.74 Å². The van der Waals surface area contributed by atoms with Crippen LogP contribution in [0.2, 0.25) is 0 Å². The van der Waals surface area contributed by atoms with Gasteiger partial charge in [0.1, 0.15) is 0 Å². The van der Waals surface area contributed by atoms with Gasteiger partial charge in [0.15, 0.2) is 0 Å². The Kier molecular flexibility index (Phi) is 4.90. The molecule has 2 rings (SSSR count). The molecule has 0 spiro atoms. The summed E-state index contributed by atoms with van der Waals surface area (Å²) < 4.78 is 5.70. The van der Waals surface area contributed by atoms with E-state index in [-0.39, 0.29) is 0 Å². The summed E-state index contributed by atoms with van der Waals surface area (Å²) in [6.07, 6.45) is 3.21. The Morgan fingerprint density at radius 2 is 1.93 bits per heavy atom. The van der Waals surface area contributed by atoms with Crippen LogP contribution in [0.3, 0.4) is 0 Å². The first-order valence-electron chi connectivity index (χ1n) is 6.13. The lowest BCUT2D eigenvalue weighted by atomic mass is 9.93. The van der Waals surface area contributed by atoms with Crippen LogP contribution in [0.15, 0.2) is 0 Å². The third kappa shape index (κ3) is 2.71. The van der Waals surface area contributed by atoms with Gasteiger partial charge in [-0.15, -0.1) is 0 Å². The maximum atomic E-state index is 5.70. The predicted molar refractivity (Wildman–Crippen MR) is 60.5 cm³/mol. The van der Waals surface area contributed by atoms with Crippen molar-refractivity contribution in [3.8, 4) is 0 Å². The summed E-state index contributed by atoms with van der Waals surface area (Å²) in [5.41, 5.74) is 0. The van der Waals surface area contributed by atoms with Crippen LogP contribution in [-0.4, -0.2) is 36.7 Å². The summed E-state index contributed by atoms with van der Waals surface area (Å²) in [7, 11) is 0. The molecule has 0 amide bonds. The fourth-order valence-corrected chi connectivity index (χ4v) is 2.35. The molecular formula is C12H25NO. The first-order valence-corrected chi connectivity index (χ1v) is 6.13. The normalized spacial score (nSPS) is 32.4. The van der Waals surface area contributed by atoms with Gasteiger partial charge in [0.05, 0.1) is 6.10 Å². The van der Waals surface area contributed by atoms with Crippen molar-refractivity contribution >= 4 is 0 Å². The van der Waals surface area contributed by atoms with Crippen molar-refractivity contribution in [1.82, 2.24) is 4.90 Å². The molecule has 0 aromatic rings. The predicted octanol–water partition coefficient (Wildman–Crippen LogP) is 2.53. The van der Waals surface area contributed by atoms with Crippen LogP contribution in [0.5, 0.6) is 0 Å². The molecule has 0 bridgehead atoms. The number of hydrogen-bond acceptors (Lipinski definition) is 2. The molecule has 2 saturated heterocycles. The fraction of sp³-hybridized carbons (Fsp3) is 1.00. The van der Waals surface area contributed by atoms with Gasteiger partial charge in [-0.2, -0.15) is 0 Å². The van der Waals surface area contributed by atoms with Crippen molar-refractivity contribution in [3.05, 3.63) is 0 Å². The molecule has 2 heterocycles. The summed E-state index contributed by atoms with van der Waals surface area (Å²) in [4.78, 5) is 2.53. The van der Waals surface area contributed by atoms with Gasteiger partial charge >= 0.3 is 0 Å². The minimum absolute atomic E-state index is 0.557. The summed E-state index contributed by atoms with van der Waals surface area (Å²) in [6.45, 7) is 12.0. The zero-order chi connectivity index (χ0) is 10.6. The molecule has 2 unspecified atom stereocenters. The standard InChI is InChI=1S/C10H19NO.C2H6/c1-8(2)11-5-3-9-4-6-12-10(9)7-11;1-2/h8-10H,3-7H2,1-2H3;1-2H3. The first kappa shape index (κ1) is 12.0. The number of rotatable bonds is 1. The van der Waals surface area contributed by atoms with Crippen LogP contribution in [0.25, 0.3) is 0 Å². The molecule has 0 N–H and O–H groups in total. The number of likely N-dealkylation sites (tertiary alicyclic amines) is 1. The number of hydrogen-bond donors (Lipinski definition) is 0. The van der Waals surface area contributed by atoms with E-state index in [0.717, 1.165) is 12.5 Å². The molecule has 2 nitrogen and oxygen atoms in total. The van der Waals surface area contributed by atoms with Crippen molar-refractivity contribution in [2.75, 3.05) is 19.7 Å². The number of piperidine rings is 1. The second-order valence-corrected chi connectivity index (χ2v) is 4.34. The van der Waals surface area contributed by atoms with Gasteiger partial charge in [0.25, 0.3) is 0 Å². The van der Waals surface area contributed by atoms with Gasteiger partial charge < -0.3 is 4.74 Å². The summed E-state index contributed by atoms with van der Waals surface area (Å²) in [6, 6.07) is 0.690. The van der Waals surface area contributed by atoms with E-state index in [2.05, 4.69) is 18.7 Å². The Morgan fingerprint density at radius 3 is 2.57 bits per heavy atom. The maximum Gasteiger partial charge on any atom is 0.0731 e. The molecule has 0 aliphatic carbocycles. The second-order valence-electron chi connectivity index (χ2n) is 4.34. The molecular weight excluding hydrogens is 174 g/mol. The molecule has 14 heavy (non-hydrogen) atoms. The third-order valence-electron chi connectivity index (χ3n) is 3.28. The molecule has 84 valence electrons. The topological polar surface area (TPSA) is 12.5 Å². The van der Waals surface area contributed by atoms with Crippen molar-refractivity contribution in [3.63, 3.8) is 0 Å². The van der Waals surface area contributed by atoms with Crippen LogP contribution >= 0.6 is 0 Å². The zero-order valence-electron chi connectivity index (χ0n) is 10.1. The van der Waals surface area contributed by atoms with Gasteiger partial charge in [-0.3, -0.25) is 4.90 Å². The van der Waals surface area contributed by atoms with Gasteiger partial charge in [-0.1, -0.05) is 13.8 Å². The highest BCUT2D eigenvalue weighted by molar-refractivity contribution is 4.85. The lowest BCUT2D eigenvalue weighted by Gasteiger charge is -2.36. The van der Waals surface area contributed by atoms with E-state index >= 15 is 0 Å². The van der Waals surface area contributed by atoms with Crippen molar-refractivity contribution in [2.45, 2.75) is 52.7 Å². The fourth-order valence-electron chi connectivity index (χ4n) is 2.35. The monoisotopic (exact) mass is 199 g/mol. The Bertz CT molecular complexity index is 158. The quantitative estimate of drug-likeness (QED) is 0.643. The number of ether oxygens (including phenoxy) is 1. The molecule has 2 atom stereocenters. The highest BCUT2D eigenvalue weighted by atomic mass is 16.5. The van der Waals surface area contributed by atoms with Gasteiger partial charge in [-0.05, 0) is 39.2 Å². The lowest BCUT2D eigenvalue weighted by molar-refractivity contribution is 0.0154. The van der Waals surface area contributed by atoms with Gasteiger partial charge in [-0.25, -0.2) is 0 Å². The SMILES string of the molecule is CC.CC(C)N1CCC2CCOC2C1. The third-order valence-corrected chi connectivity index (χ3v) is 3.28. The summed E-state index contributed by atoms with van der Waals surface area (Å²) in [5, 5.41) is 0. The Balaban J connectivity index is 0.000000461. The van der Waals surface area contributed by atoms with E-state index < -0.39 is 0 Å². The minimum Gasteiger partial charge on any atom is -0.377 e. The van der Waals surface area contributed by atoms with E-state index in [0.29, 0.717) is 12.1 Å². The largest absolute Gasteiger partial charge is 0.377 e. The average molecular weight is 199 g/mol. The molecule has 2 aliphatic rings. The zero-order valence-corrected chi connectivity index (χ0v) is 10.1. The Morgan fingerprint density at radius 1 is 1.21 bits per heavy atom. The van der Waals surface area contributed by atoms with Crippen LogP contribution in [0.1, 0.15) is 40.5 Å². The number of fused-ring (bicyclic) bond motifs is 1. The summed E-state index contributed by atoms with van der Waals surface area (Å²) in [5.74, 6) is 0.875. The number of nitrogens with zero attached hydrogens (tertiary/aromatic N) is 1. The molecule has 2 heteroatoms. The first-order chi connectivity index (χ1) is 6.77. The molecule has 0 saturated carbocycles. The van der Waals surface area contributed by atoms with Crippen molar-refractivity contribution in [2.24, 2.45) is 5.92 Å². The van der Waals surface area contributed by atoms with E-state index in [9.17, 15) is 0 Å². The van der Waals surface area contributed by atoms with Crippen molar-refractivity contribution < 1.29 is 4.74 Å². The molecule has 0 aromatic heterocycles. The van der Waals surface area contributed by atoms with Gasteiger partial charge in [0, 0.05) is 19.2 Å². The molecule has 0 aromatic carbocycles. The van der Waals surface area contributed by atoms with E-state index in [1.165, 1.54) is 25.9 Å². The average Bonchev–Trinajstić information content (AvgIpc) is 2.67. The van der Waals surface area contributed by atoms with E-state index in [1.807, 2.05) is 13.8 Å². The summed E-state index contributed by atoms with van der Waals surface area (Å²) >= 11 is 0. The maximum absolute atomic E-state index is 5.70. The van der Waals surface area contributed by atoms with Crippen LogP contribution in [0.4, 0.5) is 0 Å². The van der Waals surface area contributed by atoms with Crippen LogP contribution in [0, 0.1) is 5.92 Å². The highest BCUT2D eigenvalue weighted by Gasteiger charge is 2.34. The molecule has 0 radical (unpaired) electrons.